The molecular weight excluding hydrogens is 158 g/mol. The number of aryl methyl sites for hydroxylation is 1. The fraction of sp³-hybridized carbons (Fsp3) is 0.500. The van der Waals surface area contributed by atoms with Crippen LogP contribution in [-0.2, 0) is 11.8 Å². The minimum absolute atomic E-state index is 0.145. The Morgan fingerprint density at radius 1 is 1.83 bits per heavy atom. The van der Waals surface area contributed by atoms with Crippen molar-refractivity contribution in [3.8, 4) is 0 Å². The molecule has 1 aromatic rings. The molecule has 2 N–H and O–H groups in total. The van der Waals surface area contributed by atoms with Crippen molar-refractivity contribution < 1.29 is 4.79 Å². The molecule has 0 spiro atoms. The van der Waals surface area contributed by atoms with Crippen LogP contribution < -0.4 is 10.6 Å². The summed E-state index contributed by atoms with van der Waals surface area (Å²) in [6.07, 6.45) is 1.56. The van der Waals surface area contributed by atoms with E-state index in [9.17, 15) is 4.79 Å². The highest BCUT2D eigenvalue weighted by molar-refractivity contribution is 5.78. The molecule has 66 valence electrons. The van der Waals surface area contributed by atoms with E-state index in [-0.39, 0.29) is 12.5 Å². The average Bonchev–Trinajstić information content (AvgIpc) is 2.33. The number of anilines is 1. The summed E-state index contributed by atoms with van der Waals surface area (Å²) in [5.74, 6) is 0.231. The zero-order chi connectivity index (χ0) is 9.14. The van der Waals surface area contributed by atoms with Gasteiger partial charge in [0.2, 0.25) is 11.9 Å². The molecule has 0 aliphatic rings. The van der Waals surface area contributed by atoms with Crippen molar-refractivity contribution >= 4 is 11.9 Å². The lowest BCUT2D eigenvalue weighted by atomic mass is 10.5. The Morgan fingerprint density at radius 2 is 2.50 bits per heavy atom. The third kappa shape index (κ3) is 1.71. The van der Waals surface area contributed by atoms with Crippen molar-refractivity contribution in [3.63, 3.8) is 0 Å². The van der Waals surface area contributed by atoms with E-state index in [1.165, 1.54) is 0 Å². The Balaban J connectivity index is 2.71. The molecule has 0 saturated heterocycles. The number of nitrogens with zero attached hydrogens (tertiary/aromatic N) is 4. The largest absolute Gasteiger partial charge is 0.368 e. The minimum atomic E-state index is -0.388. The lowest BCUT2D eigenvalue weighted by molar-refractivity contribution is -0.116. The van der Waals surface area contributed by atoms with Crippen LogP contribution in [0.1, 0.15) is 0 Å². The van der Waals surface area contributed by atoms with Gasteiger partial charge in [0.1, 0.15) is 6.33 Å². The van der Waals surface area contributed by atoms with Gasteiger partial charge in [-0.05, 0) is 0 Å². The highest BCUT2D eigenvalue weighted by atomic mass is 16.1. The monoisotopic (exact) mass is 169 g/mol. The fourth-order valence-corrected chi connectivity index (χ4v) is 0.927. The molecular formula is C6H11N5O. The van der Waals surface area contributed by atoms with E-state index in [4.69, 9.17) is 5.73 Å². The zero-order valence-corrected chi connectivity index (χ0v) is 7.06. The molecule has 0 radical (unpaired) electrons. The van der Waals surface area contributed by atoms with Gasteiger partial charge in [0.25, 0.3) is 0 Å². The van der Waals surface area contributed by atoms with Crippen LogP contribution in [-0.4, -0.2) is 34.3 Å². The molecule has 0 unspecified atom stereocenters. The maximum atomic E-state index is 10.5. The van der Waals surface area contributed by atoms with E-state index in [0.29, 0.717) is 5.95 Å². The number of aromatic nitrogens is 3. The van der Waals surface area contributed by atoms with Crippen LogP contribution in [0, 0.1) is 0 Å². The Hall–Kier alpha value is -1.59. The van der Waals surface area contributed by atoms with E-state index in [0.717, 1.165) is 0 Å². The van der Waals surface area contributed by atoms with E-state index < -0.39 is 0 Å². The van der Waals surface area contributed by atoms with Crippen molar-refractivity contribution in [3.05, 3.63) is 6.33 Å². The molecule has 1 rings (SSSR count). The summed E-state index contributed by atoms with van der Waals surface area (Å²) in [5, 5.41) is 7.47. The van der Waals surface area contributed by atoms with Crippen LogP contribution >= 0.6 is 0 Å². The maximum absolute atomic E-state index is 10.5. The standard InChI is InChI=1S/C6H11N5O/c1-10(3-5(7)12)6-9-8-4-11(6)2/h4H,3H2,1-2H3,(H2,7,12). The first kappa shape index (κ1) is 8.51. The molecule has 6 heteroatoms. The number of carbonyl (C=O) groups excluding carboxylic acids is 1. The molecule has 0 aliphatic carbocycles. The zero-order valence-electron chi connectivity index (χ0n) is 7.06. The van der Waals surface area contributed by atoms with E-state index >= 15 is 0 Å². The maximum Gasteiger partial charge on any atom is 0.237 e. The van der Waals surface area contributed by atoms with Crippen LogP contribution in [0.4, 0.5) is 5.95 Å². The molecule has 0 aromatic carbocycles. The van der Waals surface area contributed by atoms with Crippen LogP contribution in [0.15, 0.2) is 6.33 Å². The third-order valence-corrected chi connectivity index (χ3v) is 1.42. The second-order valence-electron chi connectivity index (χ2n) is 2.56. The smallest absolute Gasteiger partial charge is 0.237 e. The average molecular weight is 169 g/mol. The second-order valence-corrected chi connectivity index (χ2v) is 2.56. The summed E-state index contributed by atoms with van der Waals surface area (Å²) in [6.45, 7) is 0.145. The normalized spacial score (nSPS) is 9.83. The van der Waals surface area contributed by atoms with Gasteiger partial charge in [0.15, 0.2) is 0 Å². The number of rotatable bonds is 3. The first-order valence-electron chi connectivity index (χ1n) is 3.44. The highest BCUT2D eigenvalue weighted by Crippen LogP contribution is 2.03. The highest BCUT2D eigenvalue weighted by Gasteiger charge is 2.08. The van der Waals surface area contributed by atoms with E-state index in [1.54, 1.807) is 29.9 Å². The molecule has 0 saturated carbocycles. The molecule has 1 heterocycles. The predicted octanol–water partition coefficient (Wildman–Crippen LogP) is -1.26. The lowest BCUT2D eigenvalue weighted by Crippen LogP contribution is -2.32. The molecule has 1 aromatic heterocycles. The second kappa shape index (κ2) is 3.21. The molecule has 0 fully saturated rings. The molecule has 1 amide bonds. The summed E-state index contributed by atoms with van der Waals surface area (Å²) >= 11 is 0. The summed E-state index contributed by atoms with van der Waals surface area (Å²) in [4.78, 5) is 12.2. The number of carbonyl (C=O) groups is 1. The number of primary amides is 1. The van der Waals surface area contributed by atoms with E-state index in [2.05, 4.69) is 10.2 Å². The molecule has 12 heavy (non-hydrogen) atoms. The van der Waals surface area contributed by atoms with Crippen LogP contribution in [0.2, 0.25) is 0 Å². The summed E-state index contributed by atoms with van der Waals surface area (Å²) in [7, 11) is 3.53. The number of amides is 1. The SMILES string of the molecule is CN(CC(N)=O)c1nncn1C. The van der Waals surface area contributed by atoms with Crippen molar-refractivity contribution in [2.75, 3.05) is 18.5 Å². The first-order valence-corrected chi connectivity index (χ1v) is 3.44. The number of hydrogen-bond acceptors (Lipinski definition) is 4. The molecule has 0 atom stereocenters. The molecule has 6 nitrogen and oxygen atoms in total. The summed E-state index contributed by atoms with van der Waals surface area (Å²) in [5.41, 5.74) is 5.01. The van der Waals surface area contributed by atoms with Gasteiger partial charge in [0, 0.05) is 14.1 Å². The molecule has 0 aliphatic heterocycles. The van der Waals surface area contributed by atoms with Crippen molar-refractivity contribution in [1.82, 2.24) is 14.8 Å². The fourth-order valence-electron chi connectivity index (χ4n) is 0.927. The van der Waals surface area contributed by atoms with Crippen LogP contribution in [0.25, 0.3) is 0 Å². The Labute approximate surface area is 70.0 Å². The lowest BCUT2D eigenvalue weighted by Gasteiger charge is -2.14. The summed E-state index contributed by atoms with van der Waals surface area (Å²) in [6, 6.07) is 0. The Morgan fingerprint density at radius 3 is 2.92 bits per heavy atom. The quantitative estimate of drug-likeness (QED) is 0.612. The van der Waals surface area contributed by atoms with Gasteiger partial charge in [-0.15, -0.1) is 10.2 Å². The predicted molar refractivity (Wildman–Crippen MR) is 43.5 cm³/mol. The van der Waals surface area contributed by atoms with Gasteiger partial charge in [-0.25, -0.2) is 0 Å². The van der Waals surface area contributed by atoms with Gasteiger partial charge in [-0.1, -0.05) is 0 Å². The number of likely N-dealkylation sites (N-methyl/N-ethyl adjacent to an activating group) is 1. The summed E-state index contributed by atoms with van der Waals surface area (Å²) < 4.78 is 1.71. The number of nitrogens with two attached hydrogens (primary N) is 1. The van der Waals surface area contributed by atoms with Gasteiger partial charge >= 0.3 is 0 Å². The molecule has 0 bridgehead atoms. The van der Waals surface area contributed by atoms with Crippen molar-refractivity contribution in [2.24, 2.45) is 12.8 Å². The minimum Gasteiger partial charge on any atom is -0.368 e. The Kier molecular flexibility index (Phi) is 2.27. The van der Waals surface area contributed by atoms with Crippen molar-refractivity contribution in [2.45, 2.75) is 0 Å². The van der Waals surface area contributed by atoms with Gasteiger partial charge in [0.05, 0.1) is 6.54 Å². The van der Waals surface area contributed by atoms with Crippen molar-refractivity contribution in [1.29, 1.82) is 0 Å². The van der Waals surface area contributed by atoms with Gasteiger partial charge in [-0.2, -0.15) is 0 Å². The van der Waals surface area contributed by atoms with Crippen LogP contribution in [0.3, 0.4) is 0 Å². The third-order valence-electron chi connectivity index (χ3n) is 1.42. The van der Waals surface area contributed by atoms with Gasteiger partial charge in [-0.3, -0.25) is 4.79 Å². The number of hydrogen-bond donors (Lipinski definition) is 1. The topological polar surface area (TPSA) is 77.0 Å². The Bertz CT molecular complexity index is 281. The first-order chi connectivity index (χ1) is 5.61. The van der Waals surface area contributed by atoms with Crippen LogP contribution in [0.5, 0.6) is 0 Å². The van der Waals surface area contributed by atoms with Gasteiger partial charge < -0.3 is 15.2 Å². The van der Waals surface area contributed by atoms with E-state index in [1.807, 2.05) is 0 Å².